The molecule has 2 N–H and O–H groups in total. The number of thiocarbonyl (C=S) groups is 1. The lowest BCUT2D eigenvalue weighted by molar-refractivity contribution is 0.847. The molecule has 20 heavy (non-hydrogen) atoms. The quantitative estimate of drug-likeness (QED) is 0.846. The first-order valence-corrected chi connectivity index (χ1v) is 7.08. The van der Waals surface area contributed by atoms with Crippen LogP contribution in [0.4, 0.5) is 5.69 Å². The minimum absolute atomic E-state index is 0.646. The van der Waals surface area contributed by atoms with Crippen LogP contribution >= 0.6 is 12.2 Å². The van der Waals surface area contributed by atoms with Gasteiger partial charge in [0.1, 0.15) is 0 Å². The largest absolute Gasteiger partial charge is 0.362 e. The van der Waals surface area contributed by atoms with Gasteiger partial charge in [0.25, 0.3) is 0 Å². The molecule has 0 saturated heterocycles. The van der Waals surface area contributed by atoms with Gasteiger partial charge < -0.3 is 10.6 Å². The Bertz CT molecular complexity index is 582. The van der Waals surface area contributed by atoms with E-state index in [2.05, 4.69) is 47.7 Å². The van der Waals surface area contributed by atoms with E-state index >= 15 is 0 Å². The Morgan fingerprint density at radius 3 is 2.75 bits per heavy atom. The summed E-state index contributed by atoms with van der Waals surface area (Å²) in [4.78, 5) is 4.28. The highest BCUT2D eigenvalue weighted by atomic mass is 32.1. The average Bonchev–Trinajstić information content (AvgIpc) is 2.43. The molecule has 0 spiro atoms. The third-order valence-electron chi connectivity index (χ3n) is 3.02. The fourth-order valence-corrected chi connectivity index (χ4v) is 2.18. The van der Waals surface area contributed by atoms with Crippen LogP contribution in [0.15, 0.2) is 42.6 Å². The molecular weight excluding hydrogens is 266 g/mol. The zero-order valence-electron chi connectivity index (χ0n) is 11.8. The maximum atomic E-state index is 5.30. The summed E-state index contributed by atoms with van der Waals surface area (Å²) in [6, 6.07) is 12.2. The number of rotatable bonds is 4. The average molecular weight is 285 g/mol. The van der Waals surface area contributed by atoms with Crippen molar-refractivity contribution in [3.63, 3.8) is 0 Å². The van der Waals surface area contributed by atoms with Gasteiger partial charge >= 0.3 is 0 Å². The first kappa shape index (κ1) is 14.5. The van der Waals surface area contributed by atoms with Crippen molar-refractivity contribution in [2.75, 3.05) is 11.9 Å². The van der Waals surface area contributed by atoms with Gasteiger partial charge in [0.2, 0.25) is 0 Å². The molecule has 4 heteroatoms. The van der Waals surface area contributed by atoms with Gasteiger partial charge in [-0.1, -0.05) is 23.8 Å². The SMILES string of the molecule is Cc1ccc(NC(=S)NCCc2ccccn2)c(C)c1. The van der Waals surface area contributed by atoms with Crippen molar-refractivity contribution < 1.29 is 0 Å². The van der Waals surface area contributed by atoms with E-state index in [-0.39, 0.29) is 0 Å². The van der Waals surface area contributed by atoms with Crippen molar-refractivity contribution in [3.8, 4) is 0 Å². The first-order chi connectivity index (χ1) is 9.65. The number of hydrogen-bond acceptors (Lipinski definition) is 2. The maximum absolute atomic E-state index is 5.30. The van der Waals surface area contributed by atoms with Gasteiger partial charge in [-0.05, 0) is 49.8 Å². The number of nitrogens with one attached hydrogen (secondary N) is 2. The van der Waals surface area contributed by atoms with E-state index in [9.17, 15) is 0 Å². The predicted octanol–water partition coefficient (Wildman–Crippen LogP) is 3.23. The smallest absolute Gasteiger partial charge is 0.170 e. The zero-order chi connectivity index (χ0) is 14.4. The van der Waals surface area contributed by atoms with Gasteiger partial charge in [0.05, 0.1) is 0 Å². The van der Waals surface area contributed by atoms with E-state index in [1.807, 2.05) is 24.4 Å². The lowest BCUT2D eigenvalue weighted by atomic mass is 10.1. The van der Waals surface area contributed by atoms with Crippen LogP contribution in [0.25, 0.3) is 0 Å². The molecule has 0 unspecified atom stereocenters. The van der Waals surface area contributed by atoms with Crippen LogP contribution < -0.4 is 10.6 Å². The molecule has 0 radical (unpaired) electrons. The summed E-state index contributed by atoms with van der Waals surface area (Å²) in [7, 11) is 0. The lowest BCUT2D eigenvalue weighted by Crippen LogP contribution is -2.30. The van der Waals surface area contributed by atoms with E-state index in [0.29, 0.717) is 5.11 Å². The van der Waals surface area contributed by atoms with Crippen LogP contribution in [0.5, 0.6) is 0 Å². The molecule has 1 aromatic heterocycles. The van der Waals surface area contributed by atoms with Crippen LogP contribution in [-0.2, 0) is 6.42 Å². The summed E-state index contributed by atoms with van der Waals surface area (Å²) in [5, 5.41) is 7.07. The molecule has 0 saturated carbocycles. The van der Waals surface area contributed by atoms with Gasteiger partial charge in [0, 0.05) is 30.5 Å². The summed E-state index contributed by atoms with van der Waals surface area (Å²) in [5.74, 6) is 0. The monoisotopic (exact) mass is 285 g/mol. The number of pyridine rings is 1. The topological polar surface area (TPSA) is 37.0 Å². The predicted molar refractivity (Wildman–Crippen MR) is 88.1 cm³/mol. The highest BCUT2D eigenvalue weighted by Crippen LogP contribution is 2.15. The number of anilines is 1. The molecule has 2 rings (SSSR count). The number of hydrogen-bond donors (Lipinski definition) is 2. The van der Waals surface area contributed by atoms with Crippen molar-refractivity contribution in [1.29, 1.82) is 0 Å². The van der Waals surface area contributed by atoms with Crippen LogP contribution in [0.1, 0.15) is 16.8 Å². The second kappa shape index (κ2) is 7.01. The van der Waals surface area contributed by atoms with Crippen molar-refractivity contribution in [2.45, 2.75) is 20.3 Å². The molecule has 104 valence electrons. The first-order valence-electron chi connectivity index (χ1n) is 6.67. The third-order valence-corrected chi connectivity index (χ3v) is 3.27. The molecule has 0 bridgehead atoms. The molecule has 3 nitrogen and oxygen atoms in total. The van der Waals surface area contributed by atoms with Gasteiger partial charge in [0.15, 0.2) is 5.11 Å². The van der Waals surface area contributed by atoms with Crippen LogP contribution in [-0.4, -0.2) is 16.6 Å². The van der Waals surface area contributed by atoms with Crippen LogP contribution in [0.2, 0.25) is 0 Å². The van der Waals surface area contributed by atoms with Crippen molar-refractivity contribution >= 4 is 23.0 Å². The summed E-state index contributed by atoms with van der Waals surface area (Å²) < 4.78 is 0. The molecule has 0 aliphatic carbocycles. The molecule has 2 aromatic rings. The Morgan fingerprint density at radius 2 is 2.05 bits per heavy atom. The Hall–Kier alpha value is -1.94. The second-order valence-corrected chi connectivity index (χ2v) is 5.18. The Balaban J connectivity index is 1.81. The summed E-state index contributed by atoms with van der Waals surface area (Å²) in [5.41, 5.74) is 4.56. The molecule has 0 fully saturated rings. The molecular formula is C16H19N3S. The maximum Gasteiger partial charge on any atom is 0.170 e. The van der Waals surface area contributed by atoms with Crippen molar-refractivity contribution in [1.82, 2.24) is 10.3 Å². The summed E-state index contributed by atoms with van der Waals surface area (Å²) >= 11 is 5.30. The van der Waals surface area contributed by atoms with Gasteiger partial charge in [-0.2, -0.15) is 0 Å². The summed E-state index contributed by atoms with van der Waals surface area (Å²) in [6.07, 6.45) is 2.66. The van der Waals surface area contributed by atoms with Gasteiger partial charge in [-0.3, -0.25) is 4.98 Å². The standard InChI is InChI=1S/C16H19N3S/c1-12-6-7-15(13(2)11-12)19-16(20)18-10-8-14-5-3-4-9-17-14/h3-7,9,11H,8,10H2,1-2H3,(H2,18,19,20). The number of aromatic nitrogens is 1. The molecule has 0 atom stereocenters. The molecule has 1 aromatic carbocycles. The third kappa shape index (κ3) is 4.31. The molecule has 0 amide bonds. The highest BCUT2D eigenvalue weighted by Gasteiger charge is 2.01. The normalized spacial score (nSPS) is 10.1. The second-order valence-electron chi connectivity index (χ2n) is 4.77. The summed E-state index contributed by atoms with van der Waals surface area (Å²) in [6.45, 7) is 4.93. The number of nitrogens with zero attached hydrogens (tertiary/aromatic N) is 1. The minimum Gasteiger partial charge on any atom is -0.362 e. The van der Waals surface area contributed by atoms with Crippen molar-refractivity contribution in [2.24, 2.45) is 0 Å². The van der Waals surface area contributed by atoms with Crippen LogP contribution in [0.3, 0.4) is 0 Å². The van der Waals surface area contributed by atoms with Gasteiger partial charge in [-0.25, -0.2) is 0 Å². The molecule has 1 heterocycles. The van der Waals surface area contributed by atoms with Crippen LogP contribution in [0, 0.1) is 13.8 Å². The Morgan fingerprint density at radius 1 is 1.20 bits per heavy atom. The van der Waals surface area contributed by atoms with E-state index in [0.717, 1.165) is 24.3 Å². The van der Waals surface area contributed by atoms with Gasteiger partial charge in [-0.15, -0.1) is 0 Å². The zero-order valence-corrected chi connectivity index (χ0v) is 12.6. The van der Waals surface area contributed by atoms with E-state index in [1.165, 1.54) is 11.1 Å². The minimum atomic E-state index is 0.646. The molecule has 0 aliphatic rings. The lowest BCUT2D eigenvalue weighted by Gasteiger charge is -2.12. The fraction of sp³-hybridized carbons (Fsp3) is 0.250. The van der Waals surface area contributed by atoms with Crippen molar-refractivity contribution in [3.05, 3.63) is 59.4 Å². The molecule has 0 aliphatic heterocycles. The van der Waals surface area contributed by atoms with E-state index in [4.69, 9.17) is 12.2 Å². The fourth-order valence-electron chi connectivity index (χ4n) is 1.97. The number of benzene rings is 1. The van der Waals surface area contributed by atoms with E-state index in [1.54, 1.807) is 0 Å². The number of aryl methyl sites for hydroxylation is 2. The Labute approximate surface area is 125 Å². The Kier molecular flexibility index (Phi) is 5.07. The van der Waals surface area contributed by atoms with E-state index < -0.39 is 0 Å². The highest BCUT2D eigenvalue weighted by molar-refractivity contribution is 7.80.